The van der Waals surface area contributed by atoms with Gasteiger partial charge in [-0.3, -0.25) is 18.6 Å². The zero-order chi connectivity index (χ0) is 40.1. The van der Waals surface area contributed by atoms with Gasteiger partial charge in [-0.25, -0.2) is 35.9 Å². The maximum absolute atomic E-state index is 14.6. The lowest BCUT2D eigenvalue weighted by Crippen LogP contribution is -2.41. The highest BCUT2D eigenvalue weighted by molar-refractivity contribution is 9.10. The number of hydrogen-bond acceptors (Lipinski definition) is 6. The SMILES string of the molecule is COc1ccc(CC2(N(c3nn(CC(F)F)c4c(-n5c([C@H](Cc6cc(F)cc(F)c6)NC(=O)O)nc6cc(Br)ccc6c5=O)ccc(Cl)c34)S(=O)O)CC2)cc1. The fraction of sp³-hybridized carbons (Fsp3) is 0.243. The van der Waals surface area contributed by atoms with Crippen LogP contribution in [0.1, 0.15) is 35.8 Å². The molecule has 12 nitrogen and oxygen atoms in total. The Morgan fingerprint density at radius 3 is 2.38 bits per heavy atom. The third kappa shape index (κ3) is 7.70. The van der Waals surface area contributed by atoms with E-state index in [1.807, 2.05) is 0 Å². The molecule has 1 aliphatic carbocycles. The monoisotopic (exact) mass is 876 g/mol. The van der Waals surface area contributed by atoms with Crippen molar-refractivity contribution in [3.05, 3.63) is 121 Å². The number of amides is 1. The first-order valence-electron chi connectivity index (χ1n) is 16.9. The highest BCUT2D eigenvalue weighted by atomic mass is 79.9. The van der Waals surface area contributed by atoms with Crippen LogP contribution in [0, 0.1) is 11.6 Å². The molecular weight excluding hydrogens is 848 g/mol. The molecule has 2 atom stereocenters. The summed E-state index contributed by atoms with van der Waals surface area (Å²) < 4.78 is 90.4. The van der Waals surface area contributed by atoms with E-state index in [1.54, 1.807) is 30.3 Å². The van der Waals surface area contributed by atoms with Gasteiger partial charge in [0, 0.05) is 17.0 Å². The Hall–Kier alpha value is -5.04. The quantitative estimate of drug-likeness (QED) is 0.0781. The second kappa shape index (κ2) is 15.5. The molecule has 56 heavy (non-hydrogen) atoms. The maximum atomic E-state index is 14.6. The number of ether oxygens (including phenoxy) is 1. The number of benzene rings is 4. The van der Waals surface area contributed by atoms with E-state index in [-0.39, 0.29) is 56.1 Å². The lowest BCUT2D eigenvalue weighted by molar-refractivity contribution is 0.123. The minimum absolute atomic E-state index is 0.00956. The molecule has 3 N–H and O–H groups in total. The number of alkyl halides is 2. The first-order chi connectivity index (χ1) is 26.7. The standard InChI is InChI=1S/C37H30BrClF4N6O6S/c1-55-24-5-2-19(3-6-24)17-37(10-11-37)49(56(53)54)34-31-26(39)8-9-29(32(31)47(46-34)18-30(42)43)48-33(44-27-15-21(38)4-7-25(27)35(48)50)28(45-36(51)52)14-20-12-22(40)16-23(41)13-20/h2-9,12-13,15-16,28,30,45H,10-11,14,17-18H2,1H3,(H,51,52)(H,53,54)/t28-/m0/s1. The van der Waals surface area contributed by atoms with E-state index in [9.17, 15) is 41.0 Å². The highest BCUT2D eigenvalue weighted by Gasteiger charge is 2.52. The molecular formula is C37H30BrClF4N6O6S. The van der Waals surface area contributed by atoms with Crippen molar-refractivity contribution in [2.24, 2.45) is 0 Å². The molecule has 2 aromatic heterocycles. The largest absolute Gasteiger partial charge is 0.497 e. The Balaban J connectivity index is 1.49. The van der Waals surface area contributed by atoms with Crippen LogP contribution in [0.2, 0.25) is 5.02 Å². The average Bonchev–Trinajstić information content (AvgIpc) is 3.79. The zero-order valence-electron chi connectivity index (χ0n) is 29.1. The molecule has 1 aliphatic rings. The molecule has 0 radical (unpaired) electrons. The van der Waals surface area contributed by atoms with Crippen LogP contribution in [0.25, 0.3) is 27.5 Å². The van der Waals surface area contributed by atoms with Gasteiger partial charge in [0.2, 0.25) is 0 Å². The Kier molecular flexibility index (Phi) is 10.8. The van der Waals surface area contributed by atoms with Crippen molar-refractivity contribution in [1.82, 2.24) is 24.6 Å². The maximum Gasteiger partial charge on any atom is 0.405 e. The average molecular weight is 878 g/mol. The van der Waals surface area contributed by atoms with E-state index in [1.165, 1.54) is 31.4 Å². The van der Waals surface area contributed by atoms with Crippen LogP contribution in [0.15, 0.2) is 82.1 Å². The molecule has 292 valence electrons. The van der Waals surface area contributed by atoms with Crippen molar-refractivity contribution in [1.29, 1.82) is 0 Å². The number of nitrogens with one attached hydrogen (secondary N) is 1. The second-order valence-corrected chi connectivity index (χ2v) is 15.4. The van der Waals surface area contributed by atoms with Crippen LogP contribution in [0.3, 0.4) is 0 Å². The minimum atomic E-state index is -3.01. The lowest BCUT2D eigenvalue weighted by atomic mass is 10.0. The van der Waals surface area contributed by atoms with Crippen LogP contribution >= 0.6 is 27.5 Å². The number of methoxy groups -OCH3 is 1. The Bertz CT molecular complexity index is 2570. The smallest absolute Gasteiger partial charge is 0.405 e. The molecule has 1 saturated carbocycles. The van der Waals surface area contributed by atoms with Gasteiger partial charge in [-0.05, 0) is 85.0 Å². The number of fused-ring (bicyclic) bond motifs is 2. The third-order valence-corrected chi connectivity index (χ3v) is 11.2. The summed E-state index contributed by atoms with van der Waals surface area (Å²) in [4.78, 5) is 31.5. The molecule has 7 rings (SSSR count). The van der Waals surface area contributed by atoms with Crippen molar-refractivity contribution in [2.45, 2.75) is 50.2 Å². The number of hydrogen-bond donors (Lipinski definition) is 3. The summed E-state index contributed by atoms with van der Waals surface area (Å²) in [6, 6.07) is 15.5. The number of halogens is 6. The lowest BCUT2D eigenvalue weighted by Gasteiger charge is -2.29. The fourth-order valence-corrected chi connectivity index (χ4v) is 8.42. The molecule has 0 aliphatic heterocycles. The summed E-state index contributed by atoms with van der Waals surface area (Å²) in [5.74, 6) is -1.75. The van der Waals surface area contributed by atoms with Gasteiger partial charge in [0.05, 0.1) is 51.2 Å². The molecule has 1 fully saturated rings. The van der Waals surface area contributed by atoms with Crippen LogP contribution in [-0.2, 0) is 30.7 Å². The summed E-state index contributed by atoms with van der Waals surface area (Å²) in [7, 11) is 1.52. The summed E-state index contributed by atoms with van der Waals surface area (Å²) >= 11 is 7.40. The van der Waals surface area contributed by atoms with Crippen LogP contribution in [0.5, 0.6) is 5.75 Å². The topological polar surface area (TPSA) is 152 Å². The number of anilines is 1. The van der Waals surface area contributed by atoms with E-state index in [0.29, 0.717) is 29.1 Å². The minimum Gasteiger partial charge on any atom is -0.497 e. The molecule has 0 bridgehead atoms. The van der Waals surface area contributed by atoms with Gasteiger partial charge in [0.15, 0.2) is 5.82 Å². The molecule has 0 saturated heterocycles. The van der Waals surface area contributed by atoms with Crippen molar-refractivity contribution >= 4 is 72.5 Å². The summed E-state index contributed by atoms with van der Waals surface area (Å²) in [6.45, 7) is -1.04. The van der Waals surface area contributed by atoms with Gasteiger partial charge in [-0.15, -0.1) is 0 Å². The summed E-state index contributed by atoms with van der Waals surface area (Å²) in [6.07, 6.45) is -3.85. The van der Waals surface area contributed by atoms with Crippen LogP contribution < -0.4 is 19.9 Å². The van der Waals surface area contributed by atoms with E-state index in [0.717, 1.165) is 31.3 Å². The highest BCUT2D eigenvalue weighted by Crippen LogP contribution is 2.50. The molecule has 6 aromatic rings. The number of aromatic nitrogens is 4. The van der Waals surface area contributed by atoms with E-state index >= 15 is 0 Å². The van der Waals surface area contributed by atoms with Crippen LogP contribution in [-0.4, -0.2) is 58.4 Å². The fourth-order valence-electron chi connectivity index (χ4n) is 6.98. The Labute approximate surface area is 331 Å². The van der Waals surface area contributed by atoms with Gasteiger partial charge in [-0.1, -0.05) is 39.7 Å². The number of rotatable bonds is 13. The van der Waals surface area contributed by atoms with Gasteiger partial charge in [0.25, 0.3) is 23.3 Å². The van der Waals surface area contributed by atoms with Gasteiger partial charge in [0.1, 0.15) is 29.8 Å². The predicted molar refractivity (Wildman–Crippen MR) is 205 cm³/mol. The zero-order valence-corrected chi connectivity index (χ0v) is 32.2. The molecule has 19 heteroatoms. The Morgan fingerprint density at radius 2 is 1.77 bits per heavy atom. The molecule has 2 heterocycles. The van der Waals surface area contributed by atoms with Crippen molar-refractivity contribution in [3.63, 3.8) is 0 Å². The molecule has 4 aromatic carbocycles. The van der Waals surface area contributed by atoms with Crippen molar-refractivity contribution < 1.29 is 41.0 Å². The van der Waals surface area contributed by atoms with E-state index < -0.39 is 65.5 Å². The second-order valence-electron chi connectivity index (χ2n) is 13.2. The molecule has 1 unspecified atom stereocenters. The summed E-state index contributed by atoms with van der Waals surface area (Å²) in [5, 5.41) is 16.6. The number of carboxylic acid groups (broad SMARTS) is 1. The third-order valence-electron chi connectivity index (χ3n) is 9.48. The molecule has 1 amide bonds. The normalized spacial score (nSPS) is 14.6. The first-order valence-corrected chi connectivity index (χ1v) is 19.1. The molecule has 0 spiro atoms. The van der Waals surface area contributed by atoms with Gasteiger partial charge in [-0.2, -0.15) is 5.10 Å². The predicted octanol–water partition coefficient (Wildman–Crippen LogP) is 7.97. The van der Waals surface area contributed by atoms with Gasteiger partial charge < -0.3 is 15.2 Å². The van der Waals surface area contributed by atoms with Crippen LogP contribution in [0.4, 0.5) is 28.2 Å². The van der Waals surface area contributed by atoms with E-state index in [2.05, 4.69) is 31.3 Å². The Morgan fingerprint density at radius 1 is 1.07 bits per heavy atom. The van der Waals surface area contributed by atoms with Crippen molar-refractivity contribution in [2.75, 3.05) is 11.4 Å². The van der Waals surface area contributed by atoms with Crippen molar-refractivity contribution in [3.8, 4) is 11.4 Å². The summed E-state index contributed by atoms with van der Waals surface area (Å²) in [5.41, 5.74) is -1.13. The first kappa shape index (κ1) is 39.2. The number of carbonyl (C=O) groups is 1. The number of nitrogens with zero attached hydrogens (tertiary/aromatic N) is 5. The van der Waals surface area contributed by atoms with E-state index in [4.69, 9.17) is 16.3 Å². The van der Waals surface area contributed by atoms with Gasteiger partial charge >= 0.3 is 6.09 Å².